The fourth-order valence-corrected chi connectivity index (χ4v) is 4.08. The van der Waals surface area contributed by atoms with E-state index < -0.39 is 0 Å². The number of aliphatic hydroxyl groups excluding tert-OH is 1. The van der Waals surface area contributed by atoms with E-state index in [1.54, 1.807) is 0 Å². The van der Waals surface area contributed by atoms with E-state index in [0.29, 0.717) is 12.5 Å². The van der Waals surface area contributed by atoms with Crippen molar-refractivity contribution >= 4 is 5.71 Å². The maximum absolute atomic E-state index is 7.00. The van der Waals surface area contributed by atoms with Crippen molar-refractivity contribution in [3.63, 3.8) is 0 Å². The zero-order valence-electron chi connectivity index (χ0n) is 23.9. The summed E-state index contributed by atoms with van der Waals surface area (Å²) in [6.07, 6.45) is 15.2. The van der Waals surface area contributed by atoms with Crippen LogP contribution in [-0.4, -0.2) is 31.5 Å². The maximum Gasteiger partial charge on any atom is 0.0625 e. The number of nitrogens with two attached hydrogens (primary N) is 1. The van der Waals surface area contributed by atoms with E-state index >= 15 is 0 Å². The molecular weight excluding hydrogens is 428 g/mol. The molecule has 3 nitrogen and oxygen atoms in total. The largest absolute Gasteiger partial charge is 0.400 e. The quantitative estimate of drug-likeness (QED) is 0.132. The number of rotatable bonds is 17. The van der Waals surface area contributed by atoms with Crippen molar-refractivity contribution in [3.8, 4) is 0 Å². The smallest absolute Gasteiger partial charge is 0.0625 e. The number of allylic oxidation sites excluding steroid dienone is 3. The number of aliphatic imine (C=N–C) groups is 1. The predicted octanol–water partition coefficient (Wildman–Crippen LogP) is 8.80. The van der Waals surface area contributed by atoms with Gasteiger partial charge in [0.2, 0.25) is 0 Å². The Kier molecular flexibility index (Phi) is 25.3. The molecule has 200 valence electrons. The van der Waals surface area contributed by atoms with E-state index in [4.69, 9.17) is 15.8 Å². The molecule has 0 heterocycles. The number of unbranched alkanes of at least 4 members (excludes halogenated alkanes) is 6. The molecule has 0 fully saturated rings. The first-order valence-electron chi connectivity index (χ1n) is 13.8. The third kappa shape index (κ3) is 16.4. The number of nitrogens with zero attached hydrogens (tertiary/aromatic N) is 1. The lowest BCUT2D eigenvalue weighted by Crippen LogP contribution is -2.13. The molecule has 0 radical (unpaired) electrons. The molecule has 1 aromatic carbocycles. The van der Waals surface area contributed by atoms with Crippen LogP contribution in [-0.2, 0) is 0 Å². The van der Waals surface area contributed by atoms with Crippen LogP contribution in [0.4, 0.5) is 0 Å². The Bertz CT molecular complexity index is 704. The van der Waals surface area contributed by atoms with Gasteiger partial charge in [-0.3, -0.25) is 4.99 Å². The minimum absolute atomic E-state index is 0.360. The molecule has 0 saturated carbocycles. The molecule has 1 unspecified atom stereocenters. The van der Waals surface area contributed by atoms with Crippen molar-refractivity contribution < 1.29 is 5.11 Å². The Balaban J connectivity index is 0. The summed E-state index contributed by atoms with van der Waals surface area (Å²) in [5.74, 6) is 0.360. The van der Waals surface area contributed by atoms with Crippen LogP contribution in [0.1, 0.15) is 110 Å². The Labute approximate surface area is 218 Å². The second kappa shape index (κ2) is 25.1. The van der Waals surface area contributed by atoms with Gasteiger partial charge in [0.05, 0.1) is 5.71 Å². The van der Waals surface area contributed by atoms with Gasteiger partial charge in [0.1, 0.15) is 0 Å². The second-order valence-corrected chi connectivity index (χ2v) is 8.68. The Morgan fingerprint density at radius 3 is 2.09 bits per heavy atom. The molecule has 0 aliphatic rings. The third-order valence-electron chi connectivity index (χ3n) is 5.95. The van der Waals surface area contributed by atoms with Crippen LogP contribution in [0.2, 0.25) is 0 Å². The van der Waals surface area contributed by atoms with Crippen LogP contribution < -0.4 is 5.73 Å². The normalized spacial score (nSPS) is 12.1. The molecule has 0 saturated heterocycles. The molecule has 35 heavy (non-hydrogen) atoms. The average Bonchev–Trinajstić information content (AvgIpc) is 2.91. The van der Waals surface area contributed by atoms with Gasteiger partial charge in [-0.25, -0.2) is 0 Å². The van der Waals surface area contributed by atoms with Crippen molar-refractivity contribution in [2.45, 2.75) is 104 Å². The molecule has 0 aromatic heterocycles. The fourth-order valence-electron chi connectivity index (χ4n) is 4.08. The summed E-state index contributed by atoms with van der Waals surface area (Å²) in [5.41, 5.74) is 12.0. The number of hydrogen-bond donors (Lipinski definition) is 2. The maximum atomic E-state index is 7.00. The molecule has 0 amide bonds. The van der Waals surface area contributed by atoms with E-state index in [-0.39, 0.29) is 0 Å². The fraction of sp³-hybridized carbons (Fsp3) is 0.594. The molecular formula is C32H56N2O. The zero-order chi connectivity index (χ0) is 26.9. The van der Waals surface area contributed by atoms with Crippen molar-refractivity contribution in [3.05, 3.63) is 71.8 Å². The summed E-state index contributed by atoms with van der Waals surface area (Å²) in [5, 5.41) is 7.00. The first kappa shape index (κ1) is 35.2. The first-order valence-corrected chi connectivity index (χ1v) is 13.8. The summed E-state index contributed by atoms with van der Waals surface area (Å²) in [6, 6.07) is 10.8. The lowest BCUT2D eigenvalue weighted by Gasteiger charge is -2.22. The minimum atomic E-state index is 0.360. The number of benzene rings is 1. The van der Waals surface area contributed by atoms with E-state index in [1.807, 2.05) is 20.9 Å². The van der Waals surface area contributed by atoms with Crippen LogP contribution in [0, 0.1) is 0 Å². The highest BCUT2D eigenvalue weighted by atomic mass is 16.2. The van der Waals surface area contributed by atoms with Gasteiger partial charge >= 0.3 is 0 Å². The molecule has 3 heteroatoms. The summed E-state index contributed by atoms with van der Waals surface area (Å²) in [4.78, 5) is 4.73. The van der Waals surface area contributed by atoms with E-state index in [9.17, 15) is 0 Å². The van der Waals surface area contributed by atoms with Crippen molar-refractivity contribution in [2.24, 2.45) is 10.7 Å². The first-order chi connectivity index (χ1) is 17.1. The standard InChI is InChI=1S/C29H46N2.C2H6.CH4O/c1-6-8-10-11-14-17-25(4)29(31-5)27(20-13-9-7-2)22-28(21-24(3)23-30)26-18-15-12-16-19-26;2*1-2/h12,15-16,18-20,28H,3-4,6-11,13-14,17,21-23,30H2,1-2,5H3;1-2H3;2H,1H3/b27-20+,31-29?;;. The van der Waals surface area contributed by atoms with Gasteiger partial charge in [-0.1, -0.05) is 121 Å². The molecule has 0 aliphatic heterocycles. The highest BCUT2D eigenvalue weighted by Crippen LogP contribution is 2.32. The molecule has 1 aromatic rings. The molecule has 3 N–H and O–H groups in total. The minimum Gasteiger partial charge on any atom is -0.400 e. The van der Waals surface area contributed by atoms with Gasteiger partial charge in [-0.05, 0) is 54.7 Å². The molecule has 0 spiro atoms. The van der Waals surface area contributed by atoms with E-state index in [0.717, 1.165) is 44.1 Å². The van der Waals surface area contributed by atoms with Gasteiger partial charge in [-0.15, -0.1) is 0 Å². The van der Waals surface area contributed by atoms with Crippen LogP contribution in [0.3, 0.4) is 0 Å². The predicted molar refractivity (Wildman–Crippen MR) is 160 cm³/mol. The van der Waals surface area contributed by atoms with Gasteiger partial charge in [0, 0.05) is 20.7 Å². The molecule has 1 rings (SSSR count). The van der Waals surface area contributed by atoms with Gasteiger partial charge in [0.25, 0.3) is 0 Å². The van der Waals surface area contributed by atoms with Gasteiger partial charge in [-0.2, -0.15) is 0 Å². The van der Waals surface area contributed by atoms with Crippen molar-refractivity contribution in [1.29, 1.82) is 0 Å². The highest BCUT2D eigenvalue weighted by molar-refractivity contribution is 6.12. The Hall–Kier alpha value is -1.97. The van der Waals surface area contributed by atoms with Crippen molar-refractivity contribution in [2.75, 3.05) is 20.7 Å². The number of hydrogen-bond acceptors (Lipinski definition) is 3. The Morgan fingerprint density at radius 1 is 0.943 bits per heavy atom. The third-order valence-corrected chi connectivity index (χ3v) is 5.95. The summed E-state index contributed by atoms with van der Waals surface area (Å²) in [6.45, 7) is 17.7. The van der Waals surface area contributed by atoms with Crippen LogP contribution in [0.5, 0.6) is 0 Å². The van der Waals surface area contributed by atoms with Crippen molar-refractivity contribution in [1.82, 2.24) is 0 Å². The van der Waals surface area contributed by atoms with E-state index in [1.165, 1.54) is 61.7 Å². The Morgan fingerprint density at radius 2 is 1.54 bits per heavy atom. The van der Waals surface area contributed by atoms with E-state index in [2.05, 4.69) is 63.4 Å². The van der Waals surface area contributed by atoms with Crippen LogP contribution >= 0.6 is 0 Å². The SMILES string of the molecule is C=C(CN)CC(C/C(=C\CCCC)C(=NC)C(=C)CCCCCCC)c1ccccc1.CC.CO. The highest BCUT2D eigenvalue weighted by Gasteiger charge is 2.19. The summed E-state index contributed by atoms with van der Waals surface area (Å²) >= 11 is 0. The molecule has 0 aliphatic carbocycles. The second-order valence-electron chi connectivity index (χ2n) is 8.68. The monoisotopic (exact) mass is 484 g/mol. The van der Waals surface area contributed by atoms with Crippen LogP contribution in [0.15, 0.2) is 71.3 Å². The number of aliphatic hydroxyl groups is 1. The average molecular weight is 485 g/mol. The summed E-state index contributed by atoms with van der Waals surface area (Å²) in [7, 11) is 2.92. The van der Waals surface area contributed by atoms with Gasteiger partial charge in [0.15, 0.2) is 0 Å². The molecule has 1 atom stereocenters. The molecule has 0 bridgehead atoms. The van der Waals surface area contributed by atoms with Gasteiger partial charge < -0.3 is 10.8 Å². The topological polar surface area (TPSA) is 58.6 Å². The lowest BCUT2D eigenvalue weighted by molar-refractivity contribution is 0.399. The summed E-state index contributed by atoms with van der Waals surface area (Å²) < 4.78 is 0. The van der Waals surface area contributed by atoms with Crippen LogP contribution in [0.25, 0.3) is 0 Å². The zero-order valence-corrected chi connectivity index (χ0v) is 23.9. The lowest BCUT2D eigenvalue weighted by atomic mass is 9.83.